The van der Waals surface area contributed by atoms with Crippen LogP contribution in [0.2, 0.25) is 0 Å². The summed E-state index contributed by atoms with van der Waals surface area (Å²) in [5.41, 5.74) is 0.400. The molecular weight excluding hydrogens is 215 g/mol. The average Bonchev–Trinajstić information content (AvgIpc) is 2.65. The van der Waals surface area contributed by atoms with E-state index in [1.165, 1.54) is 18.2 Å². The van der Waals surface area contributed by atoms with Gasteiger partial charge in [-0.15, -0.1) is 10.2 Å². The minimum atomic E-state index is -1.31. The topological polar surface area (TPSA) is 79.0 Å². The molecule has 0 atom stereocenters. The molecule has 0 bridgehead atoms. The first-order valence-electron chi connectivity index (χ1n) is 4.43. The SMILES string of the molecule is O=C([O-])Cc1nnc(-c2cccc(F)c2)o1. The second kappa shape index (κ2) is 4.09. The number of carboxylic acids is 1. The normalized spacial score (nSPS) is 10.3. The van der Waals surface area contributed by atoms with Crippen LogP contribution in [0.1, 0.15) is 5.89 Å². The summed E-state index contributed by atoms with van der Waals surface area (Å²) in [6, 6.07) is 5.57. The van der Waals surface area contributed by atoms with Crippen LogP contribution in [-0.4, -0.2) is 16.2 Å². The van der Waals surface area contributed by atoms with Crippen molar-refractivity contribution < 1.29 is 18.7 Å². The van der Waals surface area contributed by atoms with Gasteiger partial charge >= 0.3 is 0 Å². The summed E-state index contributed by atoms with van der Waals surface area (Å²) >= 11 is 0. The molecule has 0 fully saturated rings. The number of aliphatic carboxylic acids is 1. The van der Waals surface area contributed by atoms with Crippen LogP contribution < -0.4 is 5.11 Å². The lowest BCUT2D eigenvalue weighted by Gasteiger charge is -1.95. The average molecular weight is 221 g/mol. The van der Waals surface area contributed by atoms with E-state index >= 15 is 0 Å². The van der Waals surface area contributed by atoms with Gasteiger partial charge in [-0.25, -0.2) is 4.39 Å². The number of carbonyl (C=O) groups is 1. The summed E-state index contributed by atoms with van der Waals surface area (Å²) < 4.78 is 17.9. The van der Waals surface area contributed by atoms with E-state index in [1.54, 1.807) is 6.07 Å². The largest absolute Gasteiger partial charge is 0.550 e. The minimum absolute atomic E-state index is 0.0701. The van der Waals surface area contributed by atoms with Gasteiger partial charge < -0.3 is 14.3 Å². The molecule has 0 saturated carbocycles. The van der Waals surface area contributed by atoms with E-state index in [9.17, 15) is 14.3 Å². The van der Waals surface area contributed by atoms with Gasteiger partial charge in [0.1, 0.15) is 5.82 Å². The number of carbonyl (C=O) groups excluding carboxylic acids is 1. The maximum Gasteiger partial charge on any atom is 0.247 e. The van der Waals surface area contributed by atoms with Gasteiger partial charge in [0.25, 0.3) is 0 Å². The van der Waals surface area contributed by atoms with E-state index in [-0.39, 0.29) is 11.8 Å². The Morgan fingerprint density at radius 3 is 2.94 bits per heavy atom. The maximum atomic E-state index is 12.9. The van der Waals surface area contributed by atoms with E-state index in [2.05, 4.69) is 10.2 Å². The quantitative estimate of drug-likeness (QED) is 0.738. The zero-order valence-corrected chi connectivity index (χ0v) is 8.01. The van der Waals surface area contributed by atoms with E-state index < -0.39 is 18.2 Å². The Labute approximate surface area is 89.5 Å². The van der Waals surface area contributed by atoms with Crippen LogP contribution in [-0.2, 0) is 11.2 Å². The van der Waals surface area contributed by atoms with Crippen molar-refractivity contribution >= 4 is 5.97 Å². The van der Waals surface area contributed by atoms with Gasteiger partial charge in [-0.1, -0.05) is 6.07 Å². The molecule has 0 saturated heterocycles. The summed E-state index contributed by atoms with van der Waals surface area (Å²) in [5, 5.41) is 17.4. The number of carboxylic acid groups (broad SMARTS) is 1. The molecule has 1 aromatic heterocycles. The van der Waals surface area contributed by atoms with Gasteiger partial charge in [-0.2, -0.15) is 0 Å². The Hall–Kier alpha value is -2.24. The Morgan fingerprint density at radius 1 is 1.44 bits per heavy atom. The fourth-order valence-electron chi connectivity index (χ4n) is 1.19. The summed E-state index contributed by atoms with van der Waals surface area (Å²) in [5.74, 6) is -1.73. The predicted molar refractivity (Wildman–Crippen MR) is 48.4 cm³/mol. The van der Waals surface area contributed by atoms with Crippen LogP contribution in [0.25, 0.3) is 11.5 Å². The van der Waals surface area contributed by atoms with Gasteiger partial charge in [0.2, 0.25) is 11.8 Å². The highest BCUT2D eigenvalue weighted by atomic mass is 19.1. The van der Waals surface area contributed by atoms with Crippen LogP contribution >= 0.6 is 0 Å². The molecule has 2 rings (SSSR count). The van der Waals surface area contributed by atoms with Crippen molar-refractivity contribution in [3.05, 3.63) is 36.0 Å². The van der Waals surface area contributed by atoms with Gasteiger partial charge in [-0.3, -0.25) is 0 Å². The summed E-state index contributed by atoms with van der Waals surface area (Å²) in [6.07, 6.45) is -0.456. The second-order valence-corrected chi connectivity index (χ2v) is 3.06. The molecule has 0 aliphatic carbocycles. The molecule has 6 heteroatoms. The monoisotopic (exact) mass is 221 g/mol. The van der Waals surface area contributed by atoms with Gasteiger partial charge in [0.15, 0.2) is 0 Å². The van der Waals surface area contributed by atoms with Crippen LogP contribution in [0.15, 0.2) is 28.7 Å². The first kappa shape index (κ1) is 10.3. The summed E-state index contributed by atoms with van der Waals surface area (Å²) in [7, 11) is 0. The molecule has 5 nitrogen and oxygen atoms in total. The highest BCUT2D eigenvalue weighted by molar-refractivity contribution is 5.66. The molecule has 82 valence electrons. The van der Waals surface area contributed by atoms with E-state index in [4.69, 9.17) is 4.42 Å². The highest BCUT2D eigenvalue weighted by Crippen LogP contribution is 2.18. The minimum Gasteiger partial charge on any atom is -0.550 e. The van der Waals surface area contributed by atoms with Crippen molar-refractivity contribution in [2.75, 3.05) is 0 Å². The number of halogens is 1. The van der Waals surface area contributed by atoms with Crippen molar-refractivity contribution in [2.24, 2.45) is 0 Å². The number of benzene rings is 1. The predicted octanol–water partition coefficient (Wildman–Crippen LogP) is 0.168. The number of hydrogen-bond donors (Lipinski definition) is 0. The zero-order chi connectivity index (χ0) is 11.5. The molecule has 0 N–H and O–H groups in total. The molecule has 0 unspecified atom stereocenters. The molecule has 2 aromatic rings. The van der Waals surface area contributed by atoms with Crippen molar-refractivity contribution in [1.29, 1.82) is 0 Å². The first-order valence-corrected chi connectivity index (χ1v) is 4.43. The molecular formula is C10H6FN2O3-. The maximum absolute atomic E-state index is 12.9. The van der Waals surface area contributed by atoms with Gasteiger partial charge in [0, 0.05) is 5.56 Å². The number of hydrogen-bond acceptors (Lipinski definition) is 5. The fraction of sp³-hybridized carbons (Fsp3) is 0.100. The van der Waals surface area contributed by atoms with E-state index in [1.807, 2.05) is 0 Å². The van der Waals surface area contributed by atoms with Crippen LogP contribution in [0.5, 0.6) is 0 Å². The third-order valence-corrected chi connectivity index (χ3v) is 1.83. The van der Waals surface area contributed by atoms with Crippen LogP contribution in [0, 0.1) is 5.82 Å². The standard InChI is InChI=1S/C10H7FN2O3/c11-7-3-1-2-6(4-7)10-13-12-8(16-10)5-9(14)15/h1-4H,5H2,(H,14,15)/p-1. The number of rotatable bonds is 3. The highest BCUT2D eigenvalue weighted by Gasteiger charge is 2.08. The van der Waals surface area contributed by atoms with Crippen molar-refractivity contribution in [2.45, 2.75) is 6.42 Å². The Bertz CT molecular complexity index is 524. The molecule has 0 aliphatic rings. The molecule has 0 amide bonds. The lowest BCUT2D eigenvalue weighted by atomic mass is 10.2. The van der Waals surface area contributed by atoms with Crippen molar-refractivity contribution in [3.8, 4) is 11.5 Å². The van der Waals surface area contributed by atoms with Crippen molar-refractivity contribution in [3.63, 3.8) is 0 Å². The number of aromatic nitrogens is 2. The molecule has 0 aliphatic heterocycles. The third-order valence-electron chi connectivity index (χ3n) is 1.83. The Balaban J connectivity index is 2.28. The Kier molecular flexibility index (Phi) is 2.63. The molecule has 0 spiro atoms. The lowest BCUT2D eigenvalue weighted by Crippen LogP contribution is -2.24. The molecule has 0 radical (unpaired) electrons. The van der Waals surface area contributed by atoms with Gasteiger partial charge in [0.05, 0.1) is 12.4 Å². The summed E-state index contributed by atoms with van der Waals surface area (Å²) in [6.45, 7) is 0. The van der Waals surface area contributed by atoms with Crippen molar-refractivity contribution in [1.82, 2.24) is 10.2 Å². The van der Waals surface area contributed by atoms with E-state index in [0.29, 0.717) is 5.56 Å². The van der Waals surface area contributed by atoms with E-state index in [0.717, 1.165) is 0 Å². The fourth-order valence-corrected chi connectivity index (χ4v) is 1.19. The summed E-state index contributed by atoms with van der Waals surface area (Å²) in [4.78, 5) is 10.3. The second-order valence-electron chi connectivity index (χ2n) is 3.06. The third kappa shape index (κ3) is 2.22. The Morgan fingerprint density at radius 2 is 2.25 bits per heavy atom. The molecule has 16 heavy (non-hydrogen) atoms. The first-order chi connectivity index (χ1) is 7.65. The lowest BCUT2D eigenvalue weighted by molar-refractivity contribution is -0.305. The molecule has 1 heterocycles. The van der Waals surface area contributed by atoms with Gasteiger partial charge in [-0.05, 0) is 18.2 Å². The van der Waals surface area contributed by atoms with Crippen LogP contribution in [0.3, 0.4) is 0 Å². The van der Waals surface area contributed by atoms with Crippen LogP contribution in [0.4, 0.5) is 4.39 Å². The zero-order valence-electron chi connectivity index (χ0n) is 8.01. The molecule has 1 aromatic carbocycles. The smallest absolute Gasteiger partial charge is 0.247 e. The number of nitrogens with zero attached hydrogens (tertiary/aromatic N) is 2.